The lowest BCUT2D eigenvalue weighted by Gasteiger charge is -2.15. The van der Waals surface area contributed by atoms with Crippen molar-refractivity contribution in [2.75, 3.05) is 16.8 Å². The molecule has 2 N–H and O–H groups in total. The topological polar surface area (TPSA) is 119 Å². The average molecular weight is 457 g/mol. The lowest BCUT2D eigenvalue weighted by atomic mass is 10.3. The molecule has 1 fully saturated rings. The summed E-state index contributed by atoms with van der Waals surface area (Å²) >= 11 is 0. The van der Waals surface area contributed by atoms with Gasteiger partial charge in [0, 0.05) is 11.7 Å². The van der Waals surface area contributed by atoms with Gasteiger partial charge >= 0.3 is 0 Å². The molecule has 2 aromatic carbocycles. The molecule has 3 rings (SSSR count). The Balaban J connectivity index is 1.59. The van der Waals surface area contributed by atoms with Gasteiger partial charge in [0.05, 0.1) is 16.4 Å². The van der Waals surface area contributed by atoms with Gasteiger partial charge < -0.3 is 10.1 Å². The molecule has 0 unspecified atom stereocenters. The number of nitrogens with one attached hydrogen (secondary N) is 2. The predicted molar refractivity (Wildman–Crippen MR) is 109 cm³/mol. The average Bonchev–Trinajstić information content (AvgIpc) is 3.01. The summed E-state index contributed by atoms with van der Waals surface area (Å²) < 4.78 is 68.6. The van der Waals surface area contributed by atoms with Crippen molar-refractivity contribution in [1.29, 1.82) is 0 Å². The van der Waals surface area contributed by atoms with Crippen LogP contribution in [0.15, 0.2) is 53.4 Å². The Kier molecular flexibility index (Phi) is 6.44. The highest BCUT2D eigenvalue weighted by Gasteiger charge is 2.31. The van der Waals surface area contributed by atoms with Crippen LogP contribution >= 0.6 is 0 Å². The van der Waals surface area contributed by atoms with Crippen molar-refractivity contribution in [2.45, 2.75) is 30.4 Å². The van der Waals surface area contributed by atoms with E-state index in [0.717, 1.165) is 0 Å². The van der Waals surface area contributed by atoms with E-state index < -0.39 is 43.7 Å². The quantitative estimate of drug-likeness (QED) is 0.655. The van der Waals surface area contributed by atoms with Crippen LogP contribution in [0.3, 0.4) is 0 Å². The summed E-state index contributed by atoms with van der Waals surface area (Å²) in [4.78, 5) is 12.2. The first-order valence-electron chi connectivity index (χ1n) is 9.10. The van der Waals surface area contributed by atoms with Crippen LogP contribution in [0.1, 0.15) is 13.3 Å². The molecule has 162 valence electrons. The van der Waals surface area contributed by atoms with Gasteiger partial charge in [-0.15, -0.1) is 0 Å². The van der Waals surface area contributed by atoms with Gasteiger partial charge in [-0.3, -0.25) is 4.79 Å². The van der Waals surface area contributed by atoms with E-state index in [-0.39, 0.29) is 22.8 Å². The second-order valence-electron chi connectivity index (χ2n) is 6.95. The summed E-state index contributed by atoms with van der Waals surface area (Å²) in [6.45, 7) is 1.52. The third-order valence-electron chi connectivity index (χ3n) is 4.48. The van der Waals surface area contributed by atoms with E-state index in [9.17, 15) is 26.0 Å². The van der Waals surface area contributed by atoms with Crippen molar-refractivity contribution < 1.29 is 30.8 Å². The standard InChI is InChI=1S/C19H21FN2O6S2/c1-13(28-17-6-2-14(20)3-7-17)19(23)21-15-4-8-18(9-5-15)30(26,27)22-16-10-11-29(24,25)12-16/h2-9,13,16,22H,10-12H2,1H3,(H,21,23)/t13-,16-/m0/s1. The maximum absolute atomic E-state index is 12.9. The third-order valence-corrected chi connectivity index (χ3v) is 7.79. The van der Waals surface area contributed by atoms with Crippen molar-refractivity contribution in [1.82, 2.24) is 4.72 Å². The monoisotopic (exact) mass is 456 g/mol. The summed E-state index contributed by atoms with van der Waals surface area (Å²) in [6, 6.07) is 10.1. The van der Waals surface area contributed by atoms with E-state index in [0.29, 0.717) is 11.4 Å². The van der Waals surface area contributed by atoms with Crippen LogP contribution < -0.4 is 14.8 Å². The number of hydrogen-bond acceptors (Lipinski definition) is 6. The Labute approximate surface area is 174 Å². The molecular weight excluding hydrogens is 435 g/mol. The second-order valence-corrected chi connectivity index (χ2v) is 10.9. The lowest BCUT2D eigenvalue weighted by Crippen LogP contribution is -2.35. The maximum atomic E-state index is 12.9. The molecule has 1 aliphatic heterocycles. The second kappa shape index (κ2) is 8.70. The number of sulfonamides is 1. The number of rotatable bonds is 7. The fraction of sp³-hybridized carbons (Fsp3) is 0.316. The van der Waals surface area contributed by atoms with Crippen molar-refractivity contribution >= 4 is 31.5 Å². The Morgan fingerprint density at radius 3 is 2.33 bits per heavy atom. The molecule has 2 aromatic rings. The van der Waals surface area contributed by atoms with Crippen molar-refractivity contribution in [3.63, 3.8) is 0 Å². The summed E-state index contributed by atoms with van der Waals surface area (Å²) in [5, 5.41) is 2.60. The minimum atomic E-state index is -3.88. The molecule has 0 radical (unpaired) electrons. The van der Waals surface area contributed by atoms with E-state index in [1.807, 2.05) is 0 Å². The normalized spacial score (nSPS) is 19.2. The van der Waals surface area contributed by atoms with Gasteiger partial charge in [0.1, 0.15) is 11.6 Å². The zero-order valence-corrected chi connectivity index (χ0v) is 17.7. The van der Waals surface area contributed by atoms with Crippen LogP contribution in [0, 0.1) is 5.82 Å². The van der Waals surface area contributed by atoms with E-state index in [4.69, 9.17) is 4.74 Å². The van der Waals surface area contributed by atoms with Crippen LogP contribution in [0.25, 0.3) is 0 Å². The number of anilines is 1. The maximum Gasteiger partial charge on any atom is 0.265 e. The smallest absolute Gasteiger partial charge is 0.265 e. The molecule has 30 heavy (non-hydrogen) atoms. The number of benzene rings is 2. The number of hydrogen-bond donors (Lipinski definition) is 2. The number of carbonyl (C=O) groups is 1. The van der Waals surface area contributed by atoms with Crippen LogP contribution in [0.5, 0.6) is 5.75 Å². The molecule has 0 aliphatic carbocycles. The number of amides is 1. The molecule has 1 aliphatic rings. The van der Waals surface area contributed by atoms with Gasteiger partial charge in [-0.2, -0.15) is 0 Å². The van der Waals surface area contributed by atoms with Gasteiger partial charge in [-0.1, -0.05) is 0 Å². The Hall–Kier alpha value is -2.50. The zero-order valence-electron chi connectivity index (χ0n) is 16.0. The van der Waals surface area contributed by atoms with Crippen molar-refractivity contribution in [2.24, 2.45) is 0 Å². The molecule has 11 heteroatoms. The molecule has 1 amide bonds. The largest absolute Gasteiger partial charge is 0.481 e. The molecule has 0 bridgehead atoms. The molecule has 0 aromatic heterocycles. The van der Waals surface area contributed by atoms with E-state index in [1.54, 1.807) is 0 Å². The molecule has 1 heterocycles. The Bertz CT molecular complexity index is 1120. The molecular formula is C19H21FN2O6S2. The molecule has 8 nitrogen and oxygen atoms in total. The Morgan fingerprint density at radius 2 is 1.77 bits per heavy atom. The van der Waals surface area contributed by atoms with E-state index in [2.05, 4.69) is 10.0 Å². The van der Waals surface area contributed by atoms with Crippen LogP contribution in [-0.4, -0.2) is 46.4 Å². The third kappa shape index (κ3) is 5.77. The summed E-state index contributed by atoms with van der Waals surface area (Å²) in [5.41, 5.74) is 0.358. The number of carbonyl (C=O) groups excluding carboxylic acids is 1. The molecule has 0 spiro atoms. The first kappa shape index (κ1) is 22.2. The molecule has 2 atom stereocenters. The minimum Gasteiger partial charge on any atom is -0.481 e. The number of ether oxygens (including phenoxy) is 1. The number of sulfone groups is 1. The van der Waals surface area contributed by atoms with E-state index >= 15 is 0 Å². The zero-order chi connectivity index (χ0) is 21.9. The van der Waals surface area contributed by atoms with Gasteiger partial charge in [0.2, 0.25) is 10.0 Å². The SMILES string of the molecule is C[C@H](Oc1ccc(F)cc1)C(=O)Nc1ccc(S(=O)(=O)N[C@H]2CCS(=O)(=O)C2)cc1. The first-order chi connectivity index (χ1) is 14.0. The van der Waals surface area contributed by atoms with Crippen molar-refractivity contribution in [3.8, 4) is 5.75 Å². The van der Waals surface area contributed by atoms with Gasteiger partial charge in [0.25, 0.3) is 5.91 Å². The highest BCUT2D eigenvalue weighted by Crippen LogP contribution is 2.19. The van der Waals surface area contributed by atoms with E-state index in [1.165, 1.54) is 55.5 Å². The van der Waals surface area contributed by atoms with Gasteiger partial charge in [0.15, 0.2) is 15.9 Å². The number of halogens is 1. The summed E-state index contributed by atoms with van der Waals surface area (Å²) in [6.07, 6.45) is -0.633. The highest BCUT2D eigenvalue weighted by atomic mass is 32.2. The van der Waals surface area contributed by atoms with Crippen LogP contribution in [0.4, 0.5) is 10.1 Å². The highest BCUT2D eigenvalue weighted by molar-refractivity contribution is 7.92. The summed E-state index contributed by atoms with van der Waals surface area (Å²) in [7, 11) is -7.09. The molecule has 0 saturated carbocycles. The predicted octanol–water partition coefficient (Wildman–Crippen LogP) is 1.70. The first-order valence-corrected chi connectivity index (χ1v) is 12.4. The van der Waals surface area contributed by atoms with Crippen LogP contribution in [0.2, 0.25) is 0 Å². The minimum absolute atomic E-state index is 0.0384. The lowest BCUT2D eigenvalue weighted by molar-refractivity contribution is -0.122. The van der Waals surface area contributed by atoms with Gasteiger partial charge in [-0.05, 0) is 61.9 Å². The van der Waals surface area contributed by atoms with Gasteiger partial charge in [-0.25, -0.2) is 25.9 Å². The van der Waals surface area contributed by atoms with Crippen LogP contribution in [-0.2, 0) is 24.7 Å². The van der Waals surface area contributed by atoms with Crippen molar-refractivity contribution in [3.05, 3.63) is 54.3 Å². The summed E-state index contributed by atoms with van der Waals surface area (Å²) in [5.74, 6) is -0.807. The fourth-order valence-corrected chi connectivity index (χ4v) is 5.96. The molecule has 1 saturated heterocycles. The fourth-order valence-electron chi connectivity index (χ4n) is 2.91. The Morgan fingerprint density at radius 1 is 1.13 bits per heavy atom.